The summed E-state index contributed by atoms with van der Waals surface area (Å²) in [6.45, 7) is 6.14. The molecule has 0 amide bonds. The molecule has 7 heteroatoms. The standard InChI is InChI=1S/C28H29NO5S/c1-4-28(27(30)31,33-5-2)17-20-11-13-22(14-12-20)32-18-23-19(3)34-26(29-23)25-16-15-24(35-25)21-9-7-6-8-10-21/h6-16H,4-5,17-18H2,1-3H3,(H,30,31)/t28-/m0/s1. The number of hydrogen-bond acceptors (Lipinski definition) is 6. The van der Waals surface area contributed by atoms with Crippen molar-refractivity contribution in [2.45, 2.75) is 45.8 Å². The average Bonchev–Trinajstić information content (AvgIpc) is 3.51. The molecule has 0 fully saturated rings. The van der Waals surface area contributed by atoms with Crippen molar-refractivity contribution in [2.75, 3.05) is 6.61 Å². The molecule has 0 spiro atoms. The molecule has 0 aliphatic heterocycles. The number of carboxylic acid groups (broad SMARTS) is 1. The van der Waals surface area contributed by atoms with Gasteiger partial charge in [0.15, 0.2) is 5.60 Å². The quantitative estimate of drug-likeness (QED) is 0.249. The normalized spacial score (nSPS) is 12.9. The second-order valence-electron chi connectivity index (χ2n) is 8.25. The third kappa shape index (κ3) is 5.63. The molecule has 4 rings (SSSR count). The van der Waals surface area contributed by atoms with E-state index in [1.54, 1.807) is 11.3 Å². The van der Waals surface area contributed by atoms with E-state index in [1.807, 2.05) is 69.3 Å². The molecule has 1 atom stereocenters. The van der Waals surface area contributed by atoms with E-state index in [9.17, 15) is 9.90 Å². The molecular formula is C28H29NO5S. The molecule has 0 aliphatic carbocycles. The van der Waals surface area contributed by atoms with Crippen LogP contribution in [0.4, 0.5) is 0 Å². The van der Waals surface area contributed by atoms with E-state index < -0.39 is 11.6 Å². The van der Waals surface area contributed by atoms with Crippen molar-refractivity contribution in [1.82, 2.24) is 4.98 Å². The minimum absolute atomic E-state index is 0.276. The minimum Gasteiger partial charge on any atom is -0.487 e. The van der Waals surface area contributed by atoms with E-state index in [1.165, 1.54) is 5.56 Å². The zero-order chi connectivity index (χ0) is 24.8. The smallest absolute Gasteiger partial charge is 0.336 e. The highest BCUT2D eigenvalue weighted by Gasteiger charge is 2.37. The van der Waals surface area contributed by atoms with Gasteiger partial charge in [-0.05, 0) is 55.7 Å². The summed E-state index contributed by atoms with van der Waals surface area (Å²) < 4.78 is 17.5. The highest BCUT2D eigenvalue weighted by Crippen LogP contribution is 2.35. The SMILES string of the molecule is CCO[C@@](CC)(Cc1ccc(OCc2nc(-c3ccc(-c4ccccc4)s3)oc2C)cc1)C(=O)O. The molecule has 0 aliphatic rings. The van der Waals surface area contributed by atoms with Crippen molar-refractivity contribution in [2.24, 2.45) is 0 Å². The van der Waals surface area contributed by atoms with E-state index >= 15 is 0 Å². The first kappa shape index (κ1) is 24.7. The second-order valence-corrected chi connectivity index (χ2v) is 9.33. The topological polar surface area (TPSA) is 81.8 Å². The van der Waals surface area contributed by atoms with Crippen LogP contribution in [0.25, 0.3) is 21.2 Å². The first-order valence-electron chi connectivity index (χ1n) is 11.6. The Morgan fingerprint density at radius 1 is 1.03 bits per heavy atom. The van der Waals surface area contributed by atoms with Gasteiger partial charge in [-0.1, -0.05) is 49.4 Å². The molecule has 1 N–H and O–H groups in total. The number of aromatic nitrogens is 1. The van der Waals surface area contributed by atoms with E-state index in [0.29, 0.717) is 31.1 Å². The fourth-order valence-corrected chi connectivity index (χ4v) is 4.84. The van der Waals surface area contributed by atoms with Gasteiger partial charge in [0.1, 0.15) is 23.8 Å². The van der Waals surface area contributed by atoms with Gasteiger partial charge in [-0.3, -0.25) is 0 Å². The van der Waals surface area contributed by atoms with E-state index in [4.69, 9.17) is 13.9 Å². The maximum Gasteiger partial charge on any atom is 0.336 e. The second kappa shape index (κ2) is 10.9. The number of oxazole rings is 1. The van der Waals surface area contributed by atoms with Gasteiger partial charge in [-0.15, -0.1) is 11.3 Å². The molecular weight excluding hydrogens is 462 g/mol. The molecule has 2 heterocycles. The summed E-state index contributed by atoms with van der Waals surface area (Å²) in [5.41, 5.74) is 1.57. The minimum atomic E-state index is -1.21. The van der Waals surface area contributed by atoms with Crippen LogP contribution in [0.15, 0.2) is 71.1 Å². The van der Waals surface area contributed by atoms with Crippen LogP contribution >= 0.6 is 11.3 Å². The maximum atomic E-state index is 11.8. The van der Waals surface area contributed by atoms with Gasteiger partial charge < -0.3 is 19.0 Å². The van der Waals surface area contributed by atoms with Crippen LogP contribution in [0, 0.1) is 6.92 Å². The Kier molecular flexibility index (Phi) is 7.68. The van der Waals surface area contributed by atoms with Gasteiger partial charge in [0.05, 0.1) is 4.88 Å². The molecule has 0 unspecified atom stereocenters. The maximum absolute atomic E-state index is 11.8. The zero-order valence-corrected chi connectivity index (χ0v) is 20.9. The fraction of sp³-hybridized carbons (Fsp3) is 0.286. The van der Waals surface area contributed by atoms with Gasteiger partial charge >= 0.3 is 5.97 Å². The lowest BCUT2D eigenvalue weighted by atomic mass is 9.91. The summed E-state index contributed by atoms with van der Waals surface area (Å²) in [5.74, 6) is 1.04. The number of benzene rings is 2. The zero-order valence-electron chi connectivity index (χ0n) is 20.1. The van der Waals surface area contributed by atoms with Crippen LogP contribution in [0.3, 0.4) is 0 Å². The van der Waals surface area contributed by atoms with Crippen molar-refractivity contribution >= 4 is 17.3 Å². The number of aliphatic carboxylic acids is 1. The predicted molar refractivity (Wildman–Crippen MR) is 137 cm³/mol. The summed E-state index contributed by atoms with van der Waals surface area (Å²) in [7, 11) is 0. The monoisotopic (exact) mass is 491 g/mol. The molecule has 182 valence electrons. The summed E-state index contributed by atoms with van der Waals surface area (Å²) >= 11 is 1.64. The van der Waals surface area contributed by atoms with Gasteiger partial charge in [0.25, 0.3) is 0 Å². The van der Waals surface area contributed by atoms with E-state index in [2.05, 4.69) is 23.2 Å². The van der Waals surface area contributed by atoms with Gasteiger partial charge in [-0.2, -0.15) is 0 Å². The molecule has 0 saturated heterocycles. The summed E-state index contributed by atoms with van der Waals surface area (Å²) in [6, 6.07) is 21.8. The molecule has 6 nitrogen and oxygen atoms in total. The highest BCUT2D eigenvalue weighted by molar-refractivity contribution is 7.18. The number of carbonyl (C=O) groups is 1. The van der Waals surface area contributed by atoms with Crippen LogP contribution in [-0.2, 0) is 22.6 Å². The molecule has 0 saturated carbocycles. The number of aryl methyl sites for hydroxylation is 1. The first-order valence-corrected chi connectivity index (χ1v) is 12.5. The van der Waals surface area contributed by atoms with Crippen LogP contribution in [0.1, 0.15) is 37.3 Å². The molecule has 2 aromatic carbocycles. The van der Waals surface area contributed by atoms with Crippen molar-refractivity contribution in [1.29, 1.82) is 0 Å². The predicted octanol–water partition coefficient (Wildman–Crippen LogP) is 6.77. The fourth-order valence-electron chi connectivity index (χ4n) is 3.91. The molecule has 35 heavy (non-hydrogen) atoms. The van der Waals surface area contributed by atoms with E-state index in [0.717, 1.165) is 26.8 Å². The number of thiophene rings is 1. The van der Waals surface area contributed by atoms with Crippen molar-refractivity contribution in [3.05, 3.63) is 83.7 Å². The van der Waals surface area contributed by atoms with Gasteiger partial charge in [-0.25, -0.2) is 9.78 Å². The lowest BCUT2D eigenvalue weighted by Crippen LogP contribution is -2.43. The number of ether oxygens (including phenoxy) is 2. The first-order chi connectivity index (χ1) is 16.9. The lowest BCUT2D eigenvalue weighted by molar-refractivity contribution is -0.166. The number of carboxylic acids is 1. The Labute approximate surface area is 209 Å². The Morgan fingerprint density at radius 2 is 1.74 bits per heavy atom. The van der Waals surface area contributed by atoms with Crippen LogP contribution in [0.5, 0.6) is 5.75 Å². The third-order valence-corrected chi connectivity index (χ3v) is 7.06. The third-order valence-electron chi connectivity index (χ3n) is 5.94. The Balaban J connectivity index is 1.41. The number of rotatable bonds is 11. The summed E-state index contributed by atoms with van der Waals surface area (Å²) in [4.78, 5) is 18.6. The van der Waals surface area contributed by atoms with Crippen molar-refractivity contribution in [3.63, 3.8) is 0 Å². The Bertz CT molecular complexity index is 1260. The molecule has 4 aromatic rings. The van der Waals surface area contributed by atoms with Crippen LogP contribution in [0.2, 0.25) is 0 Å². The van der Waals surface area contributed by atoms with E-state index in [-0.39, 0.29) is 6.61 Å². The summed E-state index contributed by atoms with van der Waals surface area (Å²) in [5, 5.41) is 9.69. The van der Waals surface area contributed by atoms with Gasteiger partial charge in [0.2, 0.25) is 5.89 Å². The average molecular weight is 492 g/mol. The van der Waals surface area contributed by atoms with Crippen LogP contribution in [-0.4, -0.2) is 28.3 Å². The lowest BCUT2D eigenvalue weighted by Gasteiger charge is -2.28. The number of hydrogen-bond donors (Lipinski definition) is 1. The number of nitrogens with zero attached hydrogens (tertiary/aromatic N) is 1. The molecule has 0 radical (unpaired) electrons. The molecule has 2 aromatic heterocycles. The summed E-state index contributed by atoms with van der Waals surface area (Å²) in [6.07, 6.45) is 0.684. The molecule has 0 bridgehead atoms. The Hall–Kier alpha value is -3.42. The van der Waals surface area contributed by atoms with Crippen molar-refractivity contribution < 1.29 is 23.8 Å². The highest BCUT2D eigenvalue weighted by atomic mass is 32.1. The van der Waals surface area contributed by atoms with Crippen molar-refractivity contribution in [3.8, 4) is 27.0 Å². The largest absolute Gasteiger partial charge is 0.487 e. The Morgan fingerprint density at radius 3 is 2.40 bits per heavy atom. The van der Waals surface area contributed by atoms with Gasteiger partial charge in [0, 0.05) is 17.9 Å². The van der Waals surface area contributed by atoms with Crippen LogP contribution < -0.4 is 4.74 Å².